The lowest BCUT2D eigenvalue weighted by Gasteiger charge is -2.24. The number of nitrogens with one attached hydrogen (secondary N) is 2. The van der Waals surface area contributed by atoms with Gasteiger partial charge in [-0.3, -0.25) is 4.79 Å². The molecule has 4 atom stereocenters. The average molecular weight is 349 g/mol. The van der Waals surface area contributed by atoms with E-state index in [0.29, 0.717) is 18.0 Å². The van der Waals surface area contributed by atoms with Crippen molar-refractivity contribution in [1.82, 2.24) is 10.6 Å². The molecule has 4 unspecified atom stereocenters. The van der Waals surface area contributed by atoms with Gasteiger partial charge in [-0.25, -0.2) is 0 Å². The fourth-order valence-corrected chi connectivity index (χ4v) is 4.51. The van der Waals surface area contributed by atoms with Crippen LogP contribution in [0, 0.1) is 11.8 Å². The SMILES string of the molecule is Cl.O=C(NC(Cc1ccccc1)C1CC1)C1CC2CCCCC2N1. The summed E-state index contributed by atoms with van der Waals surface area (Å²) in [5.74, 6) is 1.66. The number of amides is 1. The third-order valence-corrected chi connectivity index (χ3v) is 6.00. The Morgan fingerprint density at radius 2 is 1.88 bits per heavy atom. The van der Waals surface area contributed by atoms with Crippen molar-refractivity contribution in [2.24, 2.45) is 11.8 Å². The molecule has 1 aromatic rings. The average Bonchev–Trinajstić information content (AvgIpc) is 3.33. The lowest BCUT2D eigenvalue weighted by molar-refractivity contribution is -0.123. The molecule has 3 nitrogen and oxygen atoms in total. The van der Waals surface area contributed by atoms with E-state index in [-0.39, 0.29) is 24.4 Å². The molecular weight excluding hydrogens is 320 g/mol. The van der Waals surface area contributed by atoms with Gasteiger partial charge in [-0.05, 0) is 55.9 Å². The number of rotatable bonds is 5. The van der Waals surface area contributed by atoms with Gasteiger partial charge in [-0.2, -0.15) is 0 Å². The van der Waals surface area contributed by atoms with Crippen LogP contribution in [-0.2, 0) is 11.2 Å². The standard InChI is InChI=1S/C20H28N2O.ClH/c23-20(19-13-16-8-4-5-9-17(16)21-19)22-18(15-10-11-15)12-14-6-2-1-3-7-14;/h1-3,6-7,15-19,21H,4-5,8-13H2,(H,22,23);1H. The molecule has 132 valence electrons. The van der Waals surface area contributed by atoms with Gasteiger partial charge in [-0.15, -0.1) is 12.4 Å². The third-order valence-electron chi connectivity index (χ3n) is 6.00. The van der Waals surface area contributed by atoms with Crippen LogP contribution < -0.4 is 10.6 Å². The number of hydrogen-bond acceptors (Lipinski definition) is 2. The molecule has 4 heteroatoms. The molecule has 0 radical (unpaired) electrons. The Hall–Kier alpha value is -1.06. The van der Waals surface area contributed by atoms with E-state index in [0.717, 1.165) is 18.8 Å². The quantitative estimate of drug-likeness (QED) is 0.855. The van der Waals surface area contributed by atoms with Crippen LogP contribution in [0.2, 0.25) is 0 Å². The lowest BCUT2D eigenvalue weighted by Crippen LogP contribution is -2.48. The van der Waals surface area contributed by atoms with Gasteiger partial charge in [0.1, 0.15) is 0 Å². The summed E-state index contributed by atoms with van der Waals surface area (Å²) in [4.78, 5) is 12.7. The van der Waals surface area contributed by atoms with Crippen molar-refractivity contribution in [3.05, 3.63) is 35.9 Å². The molecule has 1 heterocycles. The van der Waals surface area contributed by atoms with Gasteiger partial charge in [0, 0.05) is 12.1 Å². The highest BCUT2D eigenvalue weighted by Gasteiger charge is 2.40. The van der Waals surface area contributed by atoms with Crippen LogP contribution in [0.15, 0.2) is 30.3 Å². The Morgan fingerprint density at radius 3 is 2.58 bits per heavy atom. The molecule has 0 bridgehead atoms. The summed E-state index contributed by atoms with van der Waals surface area (Å²) >= 11 is 0. The van der Waals surface area contributed by atoms with E-state index in [2.05, 4.69) is 41.0 Å². The monoisotopic (exact) mass is 348 g/mol. The number of hydrogen-bond donors (Lipinski definition) is 2. The minimum absolute atomic E-state index is 0. The highest BCUT2D eigenvalue weighted by Crippen LogP contribution is 2.35. The highest BCUT2D eigenvalue weighted by atomic mass is 35.5. The van der Waals surface area contributed by atoms with E-state index in [9.17, 15) is 4.79 Å². The molecular formula is C20H29ClN2O. The molecule has 0 aromatic heterocycles. The van der Waals surface area contributed by atoms with Crippen molar-refractivity contribution in [3.63, 3.8) is 0 Å². The third kappa shape index (κ3) is 4.12. The molecule has 2 N–H and O–H groups in total. The van der Waals surface area contributed by atoms with E-state index >= 15 is 0 Å². The smallest absolute Gasteiger partial charge is 0.237 e. The maximum Gasteiger partial charge on any atom is 0.237 e. The van der Waals surface area contributed by atoms with Gasteiger partial charge in [0.05, 0.1) is 6.04 Å². The predicted octanol–water partition coefficient (Wildman–Crippen LogP) is 3.47. The van der Waals surface area contributed by atoms with Crippen LogP contribution in [0.25, 0.3) is 0 Å². The Balaban J connectivity index is 0.00000169. The minimum Gasteiger partial charge on any atom is -0.351 e. The van der Waals surface area contributed by atoms with Gasteiger partial charge in [-0.1, -0.05) is 43.2 Å². The molecule has 24 heavy (non-hydrogen) atoms. The van der Waals surface area contributed by atoms with Crippen LogP contribution in [0.1, 0.15) is 50.5 Å². The Morgan fingerprint density at radius 1 is 1.12 bits per heavy atom. The first kappa shape index (κ1) is 17.8. The molecule has 2 aliphatic carbocycles. The van der Waals surface area contributed by atoms with E-state index in [1.807, 2.05) is 0 Å². The highest BCUT2D eigenvalue weighted by molar-refractivity contribution is 5.85. The second kappa shape index (κ2) is 7.88. The number of benzene rings is 1. The van der Waals surface area contributed by atoms with Crippen LogP contribution in [0.4, 0.5) is 0 Å². The van der Waals surface area contributed by atoms with Crippen molar-refractivity contribution in [2.75, 3.05) is 0 Å². The summed E-state index contributed by atoms with van der Waals surface area (Å²) in [6.45, 7) is 0. The Labute approximate surface area is 151 Å². The molecule has 2 saturated carbocycles. The number of halogens is 1. The fourth-order valence-electron chi connectivity index (χ4n) is 4.51. The van der Waals surface area contributed by atoms with Crippen molar-refractivity contribution in [1.29, 1.82) is 0 Å². The molecule has 0 spiro atoms. The maximum atomic E-state index is 12.7. The normalized spacial score (nSPS) is 30.1. The molecule has 4 rings (SSSR count). The summed E-state index contributed by atoms with van der Waals surface area (Å²) in [5, 5.41) is 6.99. The zero-order valence-electron chi connectivity index (χ0n) is 14.2. The van der Waals surface area contributed by atoms with Gasteiger partial charge in [0.2, 0.25) is 5.91 Å². The summed E-state index contributed by atoms with van der Waals surface area (Å²) < 4.78 is 0. The van der Waals surface area contributed by atoms with Crippen LogP contribution >= 0.6 is 12.4 Å². The van der Waals surface area contributed by atoms with Crippen molar-refractivity contribution in [3.8, 4) is 0 Å². The van der Waals surface area contributed by atoms with Gasteiger partial charge < -0.3 is 10.6 Å². The lowest BCUT2D eigenvalue weighted by atomic mass is 9.85. The summed E-state index contributed by atoms with van der Waals surface area (Å²) in [5.41, 5.74) is 1.33. The largest absolute Gasteiger partial charge is 0.351 e. The maximum absolute atomic E-state index is 12.7. The Bertz CT molecular complexity index is 532. The Kier molecular flexibility index (Phi) is 5.83. The minimum atomic E-state index is 0. The summed E-state index contributed by atoms with van der Waals surface area (Å²) in [7, 11) is 0. The van der Waals surface area contributed by atoms with Crippen molar-refractivity contribution >= 4 is 18.3 Å². The second-order valence-corrected chi connectivity index (χ2v) is 7.75. The zero-order chi connectivity index (χ0) is 15.6. The van der Waals surface area contributed by atoms with Gasteiger partial charge in [0.25, 0.3) is 0 Å². The van der Waals surface area contributed by atoms with Crippen molar-refractivity contribution in [2.45, 2.75) is 69.5 Å². The number of fused-ring (bicyclic) bond motifs is 1. The second-order valence-electron chi connectivity index (χ2n) is 7.75. The number of carbonyl (C=O) groups is 1. The van der Waals surface area contributed by atoms with Crippen LogP contribution in [-0.4, -0.2) is 24.0 Å². The van der Waals surface area contributed by atoms with E-state index in [1.54, 1.807) is 0 Å². The van der Waals surface area contributed by atoms with Gasteiger partial charge in [0.15, 0.2) is 0 Å². The van der Waals surface area contributed by atoms with Crippen LogP contribution in [0.5, 0.6) is 0 Å². The van der Waals surface area contributed by atoms with E-state index in [4.69, 9.17) is 0 Å². The predicted molar refractivity (Wildman–Crippen MR) is 99.3 cm³/mol. The first-order valence-electron chi connectivity index (χ1n) is 9.40. The van der Waals surface area contributed by atoms with Gasteiger partial charge >= 0.3 is 0 Å². The molecule has 1 saturated heterocycles. The molecule has 1 aliphatic heterocycles. The molecule has 3 aliphatic rings. The summed E-state index contributed by atoms with van der Waals surface area (Å²) in [6.07, 6.45) is 9.76. The van der Waals surface area contributed by atoms with E-state index in [1.165, 1.54) is 44.1 Å². The molecule has 3 fully saturated rings. The van der Waals surface area contributed by atoms with Crippen molar-refractivity contribution < 1.29 is 4.79 Å². The molecule has 1 amide bonds. The van der Waals surface area contributed by atoms with Crippen LogP contribution in [0.3, 0.4) is 0 Å². The molecule has 1 aromatic carbocycles. The summed E-state index contributed by atoms with van der Waals surface area (Å²) in [6, 6.07) is 11.5. The first-order valence-corrected chi connectivity index (χ1v) is 9.40. The first-order chi connectivity index (χ1) is 11.3. The number of carbonyl (C=O) groups excluding carboxylic acids is 1. The topological polar surface area (TPSA) is 41.1 Å². The zero-order valence-corrected chi connectivity index (χ0v) is 15.1. The fraction of sp³-hybridized carbons (Fsp3) is 0.650. The van der Waals surface area contributed by atoms with E-state index < -0.39 is 0 Å².